The van der Waals surface area contributed by atoms with Crippen molar-refractivity contribution >= 4 is 42.9 Å². The second-order valence-corrected chi connectivity index (χ2v) is 7.40. The molecule has 0 aliphatic rings. The predicted octanol–water partition coefficient (Wildman–Crippen LogP) is 9.52. The zero-order valence-corrected chi connectivity index (χ0v) is 19.0. The third-order valence-corrected chi connectivity index (χ3v) is 5.90. The van der Waals surface area contributed by atoms with E-state index in [1.54, 1.807) is 0 Å². The number of nitrogens with one attached hydrogen (secondary N) is 1. The lowest BCUT2D eigenvalue weighted by Gasteiger charge is -2.09. The minimum atomic E-state index is 1.11. The van der Waals surface area contributed by atoms with Crippen molar-refractivity contribution in [2.75, 3.05) is 5.32 Å². The van der Waals surface area contributed by atoms with E-state index < -0.39 is 0 Å². The van der Waals surface area contributed by atoms with Gasteiger partial charge in [0.15, 0.2) is 0 Å². The monoisotopic (exact) mass is 411 g/mol. The van der Waals surface area contributed by atoms with E-state index >= 15 is 0 Å². The first-order chi connectivity index (χ1) is 14.9. The van der Waals surface area contributed by atoms with Crippen LogP contribution in [-0.2, 0) is 0 Å². The van der Waals surface area contributed by atoms with Gasteiger partial charge >= 0.3 is 0 Å². The number of benzene rings is 4. The van der Waals surface area contributed by atoms with Crippen LogP contribution >= 0.6 is 11.3 Å². The molecule has 2 heteroatoms. The van der Waals surface area contributed by atoms with Crippen LogP contribution in [0.4, 0.5) is 11.4 Å². The first kappa shape index (κ1) is 21.6. The summed E-state index contributed by atoms with van der Waals surface area (Å²) in [5, 5.41) is 6.24. The van der Waals surface area contributed by atoms with Crippen LogP contribution in [0.3, 0.4) is 0 Å². The van der Waals surface area contributed by atoms with E-state index in [0.29, 0.717) is 0 Å². The lowest BCUT2D eigenvalue weighted by molar-refractivity contribution is 1.50. The number of thiophene rings is 1. The van der Waals surface area contributed by atoms with Gasteiger partial charge in [0.25, 0.3) is 0 Å². The predicted molar refractivity (Wildman–Crippen MR) is 137 cm³/mol. The Morgan fingerprint density at radius 2 is 1.13 bits per heavy atom. The Balaban J connectivity index is 0.000000606. The highest BCUT2D eigenvalue weighted by Crippen LogP contribution is 2.39. The Kier molecular flexibility index (Phi) is 7.64. The Labute approximate surface area is 184 Å². The maximum atomic E-state index is 3.60. The first-order valence-corrected chi connectivity index (χ1v) is 11.5. The van der Waals surface area contributed by atoms with Crippen LogP contribution < -0.4 is 5.32 Å². The highest BCUT2D eigenvalue weighted by Gasteiger charge is 2.08. The molecule has 0 unspecified atom stereocenters. The number of rotatable bonds is 3. The van der Waals surface area contributed by atoms with Crippen LogP contribution in [0.2, 0.25) is 0 Å². The van der Waals surface area contributed by atoms with E-state index in [0.717, 1.165) is 11.4 Å². The Bertz CT molecular complexity index is 1190. The second-order valence-electron chi connectivity index (χ2n) is 6.35. The van der Waals surface area contributed by atoms with Crippen LogP contribution in [0.5, 0.6) is 0 Å². The molecule has 1 N–H and O–H groups in total. The molecule has 0 spiro atoms. The van der Waals surface area contributed by atoms with E-state index in [2.05, 4.69) is 96.3 Å². The van der Waals surface area contributed by atoms with E-state index in [9.17, 15) is 0 Å². The van der Waals surface area contributed by atoms with Gasteiger partial charge in [-0.1, -0.05) is 100 Å². The lowest BCUT2D eigenvalue weighted by Crippen LogP contribution is -1.90. The third kappa shape index (κ3) is 4.55. The van der Waals surface area contributed by atoms with Crippen molar-refractivity contribution in [1.82, 2.24) is 0 Å². The molecule has 4 aromatic carbocycles. The smallest absolute Gasteiger partial charge is 0.0590 e. The fourth-order valence-corrected chi connectivity index (χ4v) is 4.55. The fourth-order valence-electron chi connectivity index (χ4n) is 3.38. The standard InChI is InChI=1S/C24H17NS.2C2H6/c1-2-7-17(8-3-1)18-13-15-19(16-14-18)25-22-11-6-10-21-20-9-4-5-12-23(20)26-24(21)22;2*1-2/h1-16,25H;2*1-2H3. The van der Waals surface area contributed by atoms with Crippen molar-refractivity contribution in [3.05, 3.63) is 97.1 Å². The largest absolute Gasteiger partial charge is 0.354 e. The third-order valence-electron chi connectivity index (χ3n) is 4.68. The van der Waals surface area contributed by atoms with Crippen LogP contribution in [0.15, 0.2) is 97.1 Å². The summed E-state index contributed by atoms with van der Waals surface area (Å²) in [6.07, 6.45) is 0. The summed E-state index contributed by atoms with van der Waals surface area (Å²) < 4.78 is 2.64. The van der Waals surface area contributed by atoms with Crippen molar-refractivity contribution < 1.29 is 0 Å². The summed E-state index contributed by atoms with van der Waals surface area (Å²) in [4.78, 5) is 0. The maximum absolute atomic E-state index is 3.60. The van der Waals surface area contributed by atoms with Crippen molar-refractivity contribution in [2.45, 2.75) is 27.7 Å². The molecule has 0 saturated carbocycles. The second kappa shape index (κ2) is 10.6. The van der Waals surface area contributed by atoms with Crippen molar-refractivity contribution in [2.24, 2.45) is 0 Å². The van der Waals surface area contributed by atoms with Crippen molar-refractivity contribution in [3.63, 3.8) is 0 Å². The van der Waals surface area contributed by atoms with Gasteiger partial charge in [-0.25, -0.2) is 0 Å². The lowest BCUT2D eigenvalue weighted by atomic mass is 10.1. The highest BCUT2D eigenvalue weighted by atomic mass is 32.1. The van der Waals surface area contributed by atoms with Crippen molar-refractivity contribution in [1.29, 1.82) is 0 Å². The topological polar surface area (TPSA) is 12.0 Å². The molecule has 1 aromatic heterocycles. The van der Waals surface area contributed by atoms with Crippen LogP contribution in [0, 0.1) is 0 Å². The minimum Gasteiger partial charge on any atom is -0.354 e. The minimum absolute atomic E-state index is 1.11. The van der Waals surface area contributed by atoms with E-state index in [1.165, 1.54) is 31.3 Å². The molecule has 1 heterocycles. The van der Waals surface area contributed by atoms with Crippen molar-refractivity contribution in [3.8, 4) is 11.1 Å². The fraction of sp³-hybridized carbons (Fsp3) is 0.143. The Morgan fingerprint density at radius 3 is 1.87 bits per heavy atom. The molecule has 0 aliphatic carbocycles. The molecule has 0 fully saturated rings. The average molecular weight is 412 g/mol. The van der Waals surface area contributed by atoms with E-state index in [4.69, 9.17) is 0 Å². The van der Waals surface area contributed by atoms with Crippen LogP contribution in [-0.4, -0.2) is 0 Å². The first-order valence-electron chi connectivity index (χ1n) is 10.7. The summed E-state index contributed by atoms with van der Waals surface area (Å²) in [6, 6.07) is 34.2. The summed E-state index contributed by atoms with van der Waals surface area (Å²) in [7, 11) is 0. The van der Waals surface area contributed by atoms with Gasteiger partial charge in [0.05, 0.1) is 10.4 Å². The molecule has 152 valence electrons. The molecule has 0 saturated heterocycles. The van der Waals surface area contributed by atoms with E-state index in [-0.39, 0.29) is 0 Å². The van der Waals surface area contributed by atoms with E-state index in [1.807, 2.05) is 45.1 Å². The van der Waals surface area contributed by atoms with Crippen LogP contribution in [0.1, 0.15) is 27.7 Å². The number of hydrogen-bond acceptors (Lipinski definition) is 2. The summed E-state index contributed by atoms with van der Waals surface area (Å²) in [5.41, 5.74) is 4.74. The van der Waals surface area contributed by atoms with Gasteiger partial charge < -0.3 is 5.32 Å². The SMILES string of the molecule is CC.CC.c1ccc(-c2ccc(Nc3cccc4c3sc3ccccc34)cc2)cc1. The molecule has 5 rings (SSSR count). The number of fused-ring (bicyclic) bond motifs is 3. The van der Waals surface area contributed by atoms with Gasteiger partial charge in [0.1, 0.15) is 0 Å². The van der Waals surface area contributed by atoms with Gasteiger partial charge in [-0.15, -0.1) is 11.3 Å². The quantitative estimate of drug-likeness (QED) is 0.311. The summed E-state index contributed by atoms with van der Waals surface area (Å²) >= 11 is 1.85. The zero-order valence-electron chi connectivity index (χ0n) is 18.1. The number of hydrogen-bond donors (Lipinski definition) is 1. The molecular weight excluding hydrogens is 382 g/mol. The normalized spacial score (nSPS) is 10.0. The molecule has 0 atom stereocenters. The van der Waals surface area contributed by atoms with Gasteiger partial charge in [0, 0.05) is 21.2 Å². The Morgan fingerprint density at radius 1 is 0.533 bits per heavy atom. The summed E-state index contributed by atoms with van der Waals surface area (Å²) in [5.74, 6) is 0. The summed E-state index contributed by atoms with van der Waals surface area (Å²) in [6.45, 7) is 8.00. The molecule has 1 nitrogen and oxygen atoms in total. The maximum Gasteiger partial charge on any atom is 0.0590 e. The molecule has 0 bridgehead atoms. The van der Waals surface area contributed by atoms with Gasteiger partial charge in [-0.3, -0.25) is 0 Å². The number of anilines is 2. The highest BCUT2D eigenvalue weighted by molar-refractivity contribution is 7.26. The van der Waals surface area contributed by atoms with Crippen LogP contribution in [0.25, 0.3) is 31.3 Å². The molecule has 5 aromatic rings. The average Bonchev–Trinajstić information content (AvgIpc) is 3.23. The molecule has 0 aliphatic heterocycles. The van der Waals surface area contributed by atoms with Gasteiger partial charge in [0.2, 0.25) is 0 Å². The van der Waals surface area contributed by atoms with Gasteiger partial charge in [-0.2, -0.15) is 0 Å². The molecular formula is C28H29NS. The zero-order chi connectivity index (χ0) is 21.3. The Hall–Kier alpha value is -3.10. The molecule has 30 heavy (non-hydrogen) atoms. The molecule has 0 amide bonds. The van der Waals surface area contributed by atoms with Gasteiger partial charge in [-0.05, 0) is 35.4 Å². The molecule has 0 radical (unpaired) electrons.